The van der Waals surface area contributed by atoms with Crippen LogP contribution in [0.25, 0.3) is 11.4 Å². The van der Waals surface area contributed by atoms with Crippen LogP contribution in [0.1, 0.15) is 21.7 Å². The molecule has 4 aromatic rings. The van der Waals surface area contributed by atoms with Crippen molar-refractivity contribution < 1.29 is 9.18 Å². The molecule has 0 fully saturated rings. The molecule has 0 saturated carbocycles. The minimum Gasteiger partial charge on any atom is -0.322 e. The van der Waals surface area contributed by atoms with E-state index < -0.39 is 5.82 Å². The SMILES string of the molecule is Cc1cc(C)n(-c2ccc(NC(=O)c3cnn(-c4ccc(Br)cc4)c3)cc2F)n1. The molecule has 0 aliphatic carbocycles. The van der Waals surface area contributed by atoms with Gasteiger partial charge in [-0.25, -0.2) is 13.8 Å². The Bertz CT molecular complexity index is 1200. The van der Waals surface area contributed by atoms with Crippen molar-refractivity contribution >= 4 is 27.5 Å². The lowest BCUT2D eigenvalue weighted by Gasteiger charge is -2.09. The van der Waals surface area contributed by atoms with Crippen LogP contribution in [0.3, 0.4) is 0 Å². The summed E-state index contributed by atoms with van der Waals surface area (Å²) in [5.74, 6) is -0.841. The van der Waals surface area contributed by atoms with Crippen LogP contribution in [0.5, 0.6) is 0 Å². The fourth-order valence-corrected chi connectivity index (χ4v) is 3.27. The summed E-state index contributed by atoms with van der Waals surface area (Å²) in [6, 6.07) is 13.9. The average molecular weight is 454 g/mol. The molecule has 0 atom stereocenters. The molecule has 29 heavy (non-hydrogen) atoms. The first-order valence-corrected chi connectivity index (χ1v) is 9.65. The third-order valence-electron chi connectivity index (χ3n) is 4.38. The average Bonchev–Trinajstić information content (AvgIpc) is 3.29. The quantitative estimate of drug-likeness (QED) is 0.481. The largest absolute Gasteiger partial charge is 0.322 e. The second kappa shape index (κ2) is 7.63. The van der Waals surface area contributed by atoms with Gasteiger partial charge in [-0.2, -0.15) is 10.2 Å². The number of halogens is 2. The molecule has 4 rings (SSSR count). The molecule has 0 aliphatic rings. The zero-order valence-corrected chi connectivity index (χ0v) is 17.3. The van der Waals surface area contributed by atoms with Gasteiger partial charge in [0.1, 0.15) is 5.69 Å². The molecule has 2 aromatic carbocycles. The molecule has 1 amide bonds. The maximum absolute atomic E-state index is 14.6. The monoisotopic (exact) mass is 453 g/mol. The molecule has 1 N–H and O–H groups in total. The number of amides is 1. The minimum atomic E-state index is -0.473. The molecule has 0 unspecified atom stereocenters. The number of carbonyl (C=O) groups is 1. The first-order chi connectivity index (χ1) is 13.9. The molecule has 8 heteroatoms. The molecule has 6 nitrogen and oxygen atoms in total. The highest BCUT2D eigenvalue weighted by Crippen LogP contribution is 2.21. The molecule has 2 aromatic heterocycles. The summed E-state index contributed by atoms with van der Waals surface area (Å²) < 4.78 is 18.7. The van der Waals surface area contributed by atoms with Gasteiger partial charge in [0, 0.05) is 22.1 Å². The van der Waals surface area contributed by atoms with Crippen molar-refractivity contribution in [3.8, 4) is 11.4 Å². The predicted molar refractivity (Wildman–Crippen MR) is 112 cm³/mol. The first-order valence-electron chi connectivity index (χ1n) is 8.86. The van der Waals surface area contributed by atoms with E-state index in [1.165, 1.54) is 12.3 Å². The smallest absolute Gasteiger partial charge is 0.258 e. The highest BCUT2D eigenvalue weighted by Gasteiger charge is 2.13. The van der Waals surface area contributed by atoms with E-state index in [-0.39, 0.29) is 5.91 Å². The molecule has 0 aliphatic heterocycles. The van der Waals surface area contributed by atoms with Crippen molar-refractivity contribution in [3.63, 3.8) is 0 Å². The van der Waals surface area contributed by atoms with Crippen molar-refractivity contribution in [1.29, 1.82) is 0 Å². The second-order valence-corrected chi connectivity index (χ2v) is 7.52. The van der Waals surface area contributed by atoms with Crippen LogP contribution in [-0.4, -0.2) is 25.5 Å². The number of aryl methyl sites for hydroxylation is 2. The van der Waals surface area contributed by atoms with Gasteiger partial charge in [-0.1, -0.05) is 15.9 Å². The normalized spacial score (nSPS) is 10.9. The third kappa shape index (κ3) is 3.97. The summed E-state index contributed by atoms with van der Waals surface area (Å²) in [6.45, 7) is 3.71. The van der Waals surface area contributed by atoms with Gasteiger partial charge in [0.25, 0.3) is 5.91 Å². The van der Waals surface area contributed by atoms with E-state index in [0.29, 0.717) is 16.9 Å². The van der Waals surface area contributed by atoms with E-state index in [2.05, 4.69) is 31.4 Å². The van der Waals surface area contributed by atoms with Gasteiger partial charge in [-0.3, -0.25) is 4.79 Å². The number of nitrogens with zero attached hydrogens (tertiary/aromatic N) is 4. The summed E-state index contributed by atoms with van der Waals surface area (Å²) in [7, 11) is 0. The number of hydrogen-bond donors (Lipinski definition) is 1. The maximum Gasteiger partial charge on any atom is 0.258 e. The van der Waals surface area contributed by atoms with Crippen LogP contribution < -0.4 is 5.32 Å². The minimum absolute atomic E-state index is 0.330. The van der Waals surface area contributed by atoms with Crippen molar-refractivity contribution in [2.24, 2.45) is 0 Å². The Balaban J connectivity index is 1.52. The van der Waals surface area contributed by atoms with Gasteiger partial charge in [0.2, 0.25) is 0 Å². The Hall–Kier alpha value is -3.26. The first kappa shape index (κ1) is 19.1. The van der Waals surface area contributed by atoms with Gasteiger partial charge in [-0.15, -0.1) is 0 Å². The maximum atomic E-state index is 14.6. The van der Waals surface area contributed by atoms with Crippen molar-refractivity contribution in [2.45, 2.75) is 13.8 Å². The molecule has 2 heterocycles. The van der Waals surface area contributed by atoms with E-state index in [0.717, 1.165) is 21.5 Å². The van der Waals surface area contributed by atoms with Gasteiger partial charge < -0.3 is 5.32 Å². The number of rotatable bonds is 4. The van der Waals surface area contributed by atoms with E-state index in [4.69, 9.17) is 0 Å². The Morgan fingerprint density at radius 1 is 1.10 bits per heavy atom. The summed E-state index contributed by atoms with van der Waals surface area (Å²) >= 11 is 3.38. The van der Waals surface area contributed by atoms with Gasteiger partial charge in [0.05, 0.1) is 23.1 Å². The number of benzene rings is 2. The molecule has 0 saturated heterocycles. The Morgan fingerprint density at radius 3 is 2.52 bits per heavy atom. The fraction of sp³-hybridized carbons (Fsp3) is 0.0952. The highest BCUT2D eigenvalue weighted by atomic mass is 79.9. The molecular weight excluding hydrogens is 437 g/mol. The molecule has 0 spiro atoms. The number of anilines is 1. The summed E-state index contributed by atoms with van der Waals surface area (Å²) in [5.41, 5.74) is 3.52. The van der Waals surface area contributed by atoms with Crippen molar-refractivity contribution in [1.82, 2.24) is 19.6 Å². The Morgan fingerprint density at radius 2 is 1.86 bits per heavy atom. The highest BCUT2D eigenvalue weighted by molar-refractivity contribution is 9.10. The topological polar surface area (TPSA) is 64.7 Å². The van der Waals surface area contributed by atoms with Crippen LogP contribution in [0.2, 0.25) is 0 Å². The molecule has 146 valence electrons. The van der Waals surface area contributed by atoms with E-state index in [1.807, 2.05) is 44.2 Å². The molecule has 0 radical (unpaired) electrons. The number of hydrogen-bond acceptors (Lipinski definition) is 3. The summed E-state index contributed by atoms with van der Waals surface area (Å²) in [4.78, 5) is 12.5. The van der Waals surface area contributed by atoms with E-state index in [1.54, 1.807) is 27.7 Å². The van der Waals surface area contributed by atoms with Crippen LogP contribution >= 0.6 is 15.9 Å². The number of aromatic nitrogens is 4. The van der Waals surface area contributed by atoms with Crippen LogP contribution in [-0.2, 0) is 0 Å². The summed E-state index contributed by atoms with van der Waals surface area (Å²) in [6.07, 6.45) is 3.09. The van der Waals surface area contributed by atoms with Gasteiger partial charge >= 0.3 is 0 Å². The van der Waals surface area contributed by atoms with Gasteiger partial charge in [0.15, 0.2) is 5.82 Å². The van der Waals surface area contributed by atoms with Crippen molar-refractivity contribution in [3.05, 3.63) is 88.2 Å². The van der Waals surface area contributed by atoms with Crippen molar-refractivity contribution in [2.75, 3.05) is 5.32 Å². The lowest BCUT2D eigenvalue weighted by molar-refractivity contribution is 0.102. The molecule has 0 bridgehead atoms. The summed E-state index contributed by atoms with van der Waals surface area (Å²) in [5, 5.41) is 11.2. The van der Waals surface area contributed by atoms with Crippen LogP contribution in [0.15, 0.2) is 65.4 Å². The predicted octanol–water partition coefficient (Wildman–Crippen LogP) is 4.83. The number of nitrogens with one attached hydrogen (secondary N) is 1. The fourth-order valence-electron chi connectivity index (χ4n) is 3.01. The van der Waals surface area contributed by atoms with Gasteiger partial charge in [-0.05, 0) is 62.4 Å². The second-order valence-electron chi connectivity index (χ2n) is 6.61. The number of carbonyl (C=O) groups excluding carboxylic acids is 1. The van der Waals surface area contributed by atoms with E-state index >= 15 is 0 Å². The lowest BCUT2D eigenvalue weighted by atomic mass is 10.2. The zero-order valence-electron chi connectivity index (χ0n) is 15.7. The standard InChI is InChI=1S/C21H17BrFN5O/c1-13-9-14(2)28(26-13)20-8-5-17(10-19(20)23)25-21(29)15-11-24-27(12-15)18-6-3-16(22)4-7-18/h3-12H,1-2H3,(H,25,29). The lowest BCUT2D eigenvalue weighted by Crippen LogP contribution is -2.12. The van der Waals surface area contributed by atoms with Crippen LogP contribution in [0, 0.1) is 19.7 Å². The van der Waals surface area contributed by atoms with Crippen LogP contribution in [0.4, 0.5) is 10.1 Å². The Kier molecular flexibility index (Phi) is 5.02. The zero-order chi connectivity index (χ0) is 20.5. The Labute approximate surface area is 175 Å². The molecular formula is C21H17BrFN5O. The third-order valence-corrected chi connectivity index (χ3v) is 4.91. The van der Waals surface area contributed by atoms with E-state index in [9.17, 15) is 9.18 Å².